The summed E-state index contributed by atoms with van der Waals surface area (Å²) >= 11 is 0. The van der Waals surface area contributed by atoms with Gasteiger partial charge in [0.1, 0.15) is 18.9 Å². The summed E-state index contributed by atoms with van der Waals surface area (Å²) in [5.41, 5.74) is 1.66. The predicted molar refractivity (Wildman–Crippen MR) is 122 cm³/mol. The number of carbonyl (C=O) groups is 2. The lowest BCUT2D eigenvalue weighted by atomic mass is 10.0. The molecule has 0 aliphatic carbocycles. The van der Waals surface area contributed by atoms with E-state index in [4.69, 9.17) is 9.57 Å². The number of nitrogens with one attached hydrogen (secondary N) is 1. The average Bonchev–Trinajstić information content (AvgIpc) is 3.26. The Bertz CT molecular complexity index is 1120. The number of nitrogens with zero attached hydrogens (tertiary/aromatic N) is 2. The number of oxime groups is 1. The molecule has 1 N–H and O–H groups in total. The molecule has 0 saturated carbocycles. The zero-order valence-corrected chi connectivity index (χ0v) is 17.9. The van der Waals surface area contributed by atoms with Crippen LogP contribution in [0.25, 0.3) is 10.8 Å². The zero-order chi connectivity index (χ0) is 22.3. The molecule has 4 rings (SSSR count). The predicted octanol–water partition coefficient (Wildman–Crippen LogP) is 3.14. The van der Waals surface area contributed by atoms with E-state index in [9.17, 15) is 9.59 Å². The molecule has 1 aliphatic heterocycles. The summed E-state index contributed by atoms with van der Waals surface area (Å²) in [5, 5.41) is 9.16. The number of carbonyl (C=O) groups excluding carboxylic acids is 2. The van der Waals surface area contributed by atoms with Crippen LogP contribution in [0.1, 0.15) is 12.0 Å². The van der Waals surface area contributed by atoms with Gasteiger partial charge in [-0.15, -0.1) is 0 Å². The van der Waals surface area contributed by atoms with E-state index in [-0.39, 0.29) is 25.0 Å². The molecule has 7 nitrogen and oxygen atoms in total. The summed E-state index contributed by atoms with van der Waals surface area (Å²) < 4.78 is 5.59. The molecule has 0 radical (unpaired) electrons. The zero-order valence-electron chi connectivity index (χ0n) is 17.9. The maximum atomic E-state index is 13.1. The van der Waals surface area contributed by atoms with Crippen molar-refractivity contribution >= 4 is 28.3 Å². The Kier molecular flexibility index (Phi) is 6.65. The van der Waals surface area contributed by atoms with Gasteiger partial charge in [0.15, 0.2) is 6.61 Å². The number of hydrogen-bond acceptors (Lipinski definition) is 5. The first-order chi connectivity index (χ1) is 15.7. The maximum Gasteiger partial charge on any atom is 0.261 e. The van der Waals surface area contributed by atoms with Gasteiger partial charge in [-0.2, -0.15) is 0 Å². The molecule has 1 atom stereocenters. The van der Waals surface area contributed by atoms with Gasteiger partial charge in [0, 0.05) is 13.0 Å². The Morgan fingerprint density at radius 3 is 2.59 bits per heavy atom. The van der Waals surface area contributed by atoms with Gasteiger partial charge in [0.25, 0.3) is 5.91 Å². The molecule has 1 saturated heterocycles. The van der Waals surface area contributed by atoms with Crippen molar-refractivity contribution in [3.8, 4) is 5.75 Å². The molecule has 7 heteroatoms. The van der Waals surface area contributed by atoms with Gasteiger partial charge in [-0.05, 0) is 28.5 Å². The average molecular weight is 431 g/mol. The standard InChI is InChI=1S/C25H25N3O4/c1-31-27-20-14-23(28(16-20)24(29)17-32-21-11-3-2-4-12-21)25(30)26-15-19-10-7-9-18-8-5-6-13-22(18)19/h2-13,23H,14-17H2,1H3,(H,26,30)/t23-/m0/s1. The fourth-order valence-corrected chi connectivity index (χ4v) is 3.89. The first-order valence-electron chi connectivity index (χ1n) is 10.5. The van der Waals surface area contributed by atoms with E-state index in [1.807, 2.05) is 60.7 Å². The van der Waals surface area contributed by atoms with Gasteiger partial charge in [-0.3, -0.25) is 9.59 Å². The van der Waals surface area contributed by atoms with Crippen LogP contribution in [0.3, 0.4) is 0 Å². The summed E-state index contributed by atoms with van der Waals surface area (Å²) in [7, 11) is 1.45. The Morgan fingerprint density at radius 2 is 1.78 bits per heavy atom. The summed E-state index contributed by atoms with van der Waals surface area (Å²) in [6.07, 6.45) is 0.326. The second kappa shape index (κ2) is 9.96. The van der Waals surface area contributed by atoms with E-state index in [0.29, 0.717) is 24.4 Å². The van der Waals surface area contributed by atoms with Crippen LogP contribution < -0.4 is 10.1 Å². The number of fused-ring (bicyclic) bond motifs is 1. The lowest BCUT2D eigenvalue weighted by Crippen LogP contribution is -2.47. The molecule has 1 fully saturated rings. The van der Waals surface area contributed by atoms with Crippen LogP contribution in [-0.4, -0.2) is 48.7 Å². The van der Waals surface area contributed by atoms with Gasteiger partial charge >= 0.3 is 0 Å². The number of likely N-dealkylation sites (tertiary alicyclic amines) is 1. The third-order valence-electron chi connectivity index (χ3n) is 5.44. The number of benzene rings is 3. The van der Waals surface area contributed by atoms with Crippen molar-refractivity contribution in [2.75, 3.05) is 20.3 Å². The quantitative estimate of drug-likeness (QED) is 0.583. The van der Waals surface area contributed by atoms with Crippen molar-refractivity contribution in [2.45, 2.75) is 19.0 Å². The van der Waals surface area contributed by atoms with E-state index in [1.165, 1.54) is 12.0 Å². The highest BCUT2D eigenvalue weighted by Crippen LogP contribution is 2.20. The Labute approximate surface area is 186 Å². The molecule has 0 spiro atoms. The number of amides is 2. The normalized spacial score (nSPS) is 16.8. The third-order valence-corrected chi connectivity index (χ3v) is 5.44. The van der Waals surface area contributed by atoms with Crippen LogP contribution in [-0.2, 0) is 21.0 Å². The lowest BCUT2D eigenvalue weighted by molar-refractivity contribution is -0.139. The molecule has 1 heterocycles. The second-order valence-corrected chi connectivity index (χ2v) is 7.54. The molecule has 32 heavy (non-hydrogen) atoms. The molecular weight excluding hydrogens is 406 g/mol. The highest BCUT2D eigenvalue weighted by atomic mass is 16.6. The van der Waals surface area contributed by atoms with Crippen molar-refractivity contribution in [3.63, 3.8) is 0 Å². The minimum atomic E-state index is -0.661. The molecule has 3 aromatic carbocycles. The van der Waals surface area contributed by atoms with Gasteiger partial charge in [0.2, 0.25) is 5.91 Å². The van der Waals surface area contributed by atoms with Crippen LogP contribution in [0.15, 0.2) is 78.0 Å². The summed E-state index contributed by atoms with van der Waals surface area (Å²) in [5.74, 6) is 0.0931. The van der Waals surface area contributed by atoms with Crippen LogP contribution in [0.4, 0.5) is 0 Å². The lowest BCUT2D eigenvalue weighted by Gasteiger charge is -2.23. The Balaban J connectivity index is 1.44. The molecule has 3 aromatic rings. The Morgan fingerprint density at radius 1 is 1.03 bits per heavy atom. The van der Waals surface area contributed by atoms with Crippen molar-refractivity contribution in [1.29, 1.82) is 0 Å². The van der Waals surface area contributed by atoms with E-state index >= 15 is 0 Å². The fraction of sp³-hybridized carbons (Fsp3) is 0.240. The number of hydrogen-bond donors (Lipinski definition) is 1. The monoisotopic (exact) mass is 431 g/mol. The van der Waals surface area contributed by atoms with E-state index < -0.39 is 6.04 Å². The smallest absolute Gasteiger partial charge is 0.261 e. The summed E-state index contributed by atoms with van der Waals surface area (Å²) in [4.78, 5) is 32.3. The highest BCUT2D eigenvalue weighted by Gasteiger charge is 2.38. The SMILES string of the molecule is CON=C1C[C@@H](C(=O)NCc2cccc3ccccc23)N(C(=O)COc2ccccc2)C1. The van der Waals surface area contributed by atoms with Crippen molar-refractivity contribution in [2.24, 2.45) is 5.16 Å². The minimum Gasteiger partial charge on any atom is -0.484 e. The van der Waals surface area contributed by atoms with Gasteiger partial charge in [-0.1, -0.05) is 65.8 Å². The number of rotatable bonds is 7. The molecule has 0 unspecified atom stereocenters. The van der Waals surface area contributed by atoms with Gasteiger partial charge in [0.05, 0.1) is 12.3 Å². The summed E-state index contributed by atoms with van der Waals surface area (Å²) in [6, 6.07) is 22.5. The van der Waals surface area contributed by atoms with Crippen LogP contribution in [0.2, 0.25) is 0 Å². The molecule has 1 aliphatic rings. The van der Waals surface area contributed by atoms with Crippen LogP contribution in [0.5, 0.6) is 5.75 Å². The fourth-order valence-electron chi connectivity index (χ4n) is 3.89. The van der Waals surface area contributed by atoms with E-state index in [0.717, 1.165) is 16.3 Å². The van der Waals surface area contributed by atoms with Crippen LogP contribution in [0, 0.1) is 0 Å². The molecular formula is C25H25N3O4. The van der Waals surface area contributed by atoms with Gasteiger partial charge < -0.3 is 19.8 Å². The molecule has 164 valence electrons. The maximum absolute atomic E-state index is 13.1. The third kappa shape index (κ3) is 4.88. The topological polar surface area (TPSA) is 80.2 Å². The molecule has 2 amide bonds. The number of para-hydroxylation sites is 1. The minimum absolute atomic E-state index is 0.155. The Hall–Kier alpha value is -3.87. The molecule has 0 aromatic heterocycles. The van der Waals surface area contributed by atoms with E-state index in [1.54, 1.807) is 12.1 Å². The van der Waals surface area contributed by atoms with Crippen molar-refractivity contribution in [3.05, 3.63) is 78.4 Å². The first kappa shape index (κ1) is 21.4. The highest BCUT2D eigenvalue weighted by molar-refractivity contribution is 6.01. The van der Waals surface area contributed by atoms with Crippen molar-refractivity contribution < 1.29 is 19.2 Å². The van der Waals surface area contributed by atoms with Gasteiger partial charge in [-0.25, -0.2) is 0 Å². The largest absolute Gasteiger partial charge is 0.484 e. The summed E-state index contributed by atoms with van der Waals surface area (Å²) in [6.45, 7) is 0.449. The van der Waals surface area contributed by atoms with Crippen molar-refractivity contribution in [1.82, 2.24) is 10.2 Å². The van der Waals surface area contributed by atoms with Crippen LogP contribution >= 0.6 is 0 Å². The first-order valence-corrected chi connectivity index (χ1v) is 10.5. The second-order valence-electron chi connectivity index (χ2n) is 7.54. The number of ether oxygens (including phenoxy) is 1. The molecule has 0 bridgehead atoms. The van der Waals surface area contributed by atoms with E-state index in [2.05, 4.69) is 10.5 Å².